The third kappa shape index (κ3) is 3.95. The first-order valence-electron chi connectivity index (χ1n) is 8.99. The maximum absolute atomic E-state index is 13.1. The number of halogens is 3. The molecule has 148 valence electrons. The van der Waals surface area contributed by atoms with Crippen LogP contribution >= 0.6 is 0 Å². The van der Waals surface area contributed by atoms with Crippen molar-refractivity contribution in [1.29, 1.82) is 0 Å². The van der Waals surface area contributed by atoms with E-state index >= 15 is 0 Å². The highest BCUT2D eigenvalue weighted by Crippen LogP contribution is 2.37. The highest BCUT2D eigenvalue weighted by molar-refractivity contribution is 5.95. The average molecular weight is 397 g/mol. The van der Waals surface area contributed by atoms with Crippen LogP contribution in [0.15, 0.2) is 89.9 Å². The fourth-order valence-electron chi connectivity index (χ4n) is 3.25. The molecule has 1 atom stereocenters. The quantitative estimate of drug-likeness (QED) is 0.561. The summed E-state index contributed by atoms with van der Waals surface area (Å²) in [6.45, 7) is 0. The molecule has 3 aromatic rings. The Morgan fingerprint density at radius 3 is 2.17 bits per heavy atom. The van der Waals surface area contributed by atoms with E-state index in [0.717, 1.165) is 23.4 Å². The summed E-state index contributed by atoms with van der Waals surface area (Å²) in [7, 11) is 1.77. The van der Waals surface area contributed by atoms with Crippen molar-refractivity contribution in [2.24, 2.45) is 4.99 Å². The van der Waals surface area contributed by atoms with Crippen LogP contribution in [-0.4, -0.2) is 18.1 Å². The van der Waals surface area contributed by atoms with Crippen LogP contribution in [0.25, 0.3) is 0 Å². The van der Waals surface area contributed by atoms with Crippen LogP contribution in [0.5, 0.6) is 0 Å². The molecule has 7 heteroatoms. The number of rotatable bonds is 3. The van der Waals surface area contributed by atoms with Crippen LogP contribution < -0.4 is 4.90 Å². The number of amidine groups is 1. The number of hydrogen-bond donors (Lipinski definition) is 0. The van der Waals surface area contributed by atoms with E-state index in [2.05, 4.69) is 4.99 Å². The normalized spacial score (nSPS) is 18.8. The Morgan fingerprint density at radius 2 is 1.52 bits per heavy atom. The van der Waals surface area contributed by atoms with Gasteiger partial charge in [0.1, 0.15) is 0 Å². The number of para-hydroxylation sites is 1. The molecule has 0 radical (unpaired) electrons. The molecule has 0 bridgehead atoms. The lowest BCUT2D eigenvalue weighted by Gasteiger charge is -2.25. The molecular weight excluding hydrogens is 379 g/mol. The molecule has 0 amide bonds. The molecule has 0 N–H and O–H groups in total. The molecule has 1 aliphatic rings. The second-order valence-electron chi connectivity index (χ2n) is 6.57. The zero-order chi connectivity index (χ0) is 20.4. The van der Waals surface area contributed by atoms with Crippen molar-refractivity contribution in [1.82, 2.24) is 5.06 Å². The van der Waals surface area contributed by atoms with Gasteiger partial charge in [-0.2, -0.15) is 18.2 Å². The summed E-state index contributed by atoms with van der Waals surface area (Å²) in [5.74, 6) is 0. The zero-order valence-corrected chi connectivity index (χ0v) is 15.5. The van der Waals surface area contributed by atoms with Gasteiger partial charge in [-0.15, -0.1) is 5.06 Å². The fraction of sp³-hybridized carbons (Fsp3) is 0.136. The molecule has 1 unspecified atom stereocenters. The molecule has 1 heterocycles. The second kappa shape index (κ2) is 7.60. The van der Waals surface area contributed by atoms with Crippen LogP contribution in [-0.2, 0) is 11.0 Å². The van der Waals surface area contributed by atoms with Gasteiger partial charge < -0.3 is 4.84 Å². The number of hydroxylamine groups is 2. The first-order valence-corrected chi connectivity index (χ1v) is 8.99. The number of alkyl halides is 3. The van der Waals surface area contributed by atoms with Gasteiger partial charge in [-0.1, -0.05) is 54.6 Å². The fourth-order valence-corrected chi connectivity index (χ4v) is 3.25. The minimum Gasteiger partial charge on any atom is -0.365 e. The van der Waals surface area contributed by atoms with Gasteiger partial charge in [-0.05, 0) is 35.9 Å². The predicted molar refractivity (Wildman–Crippen MR) is 105 cm³/mol. The molecular formula is C22H18F3N3O. The molecule has 0 aromatic heterocycles. The summed E-state index contributed by atoms with van der Waals surface area (Å²) in [5.41, 5.74) is 1.19. The van der Waals surface area contributed by atoms with Gasteiger partial charge in [0.15, 0.2) is 6.17 Å². The SMILES string of the molecule is CN1OC(=Nc2cccc(C(F)(F)F)c2)N(c2ccccc2)C1c1ccccc1. The smallest absolute Gasteiger partial charge is 0.365 e. The Morgan fingerprint density at radius 1 is 0.862 bits per heavy atom. The number of hydrogen-bond acceptors (Lipinski definition) is 3. The lowest BCUT2D eigenvalue weighted by Crippen LogP contribution is -2.30. The summed E-state index contributed by atoms with van der Waals surface area (Å²) in [5, 5.41) is 1.63. The molecule has 0 aliphatic carbocycles. The number of benzene rings is 3. The van der Waals surface area contributed by atoms with Gasteiger partial charge in [0, 0.05) is 12.7 Å². The maximum Gasteiger partial charge on any atom is 0.416 e. The largest absolute Gasteiger partial charge is 0.416 e. The third-order valence-electron chi connectivity index (χ3n) is 4.55. The molecule has 4 rings (SSSR count). The standard InChI is InChI=1S/C22H18F3N3O/c1-27-20(16-9-4-2-5-10-16)28(19-13-6-3-7-14-19)21(29-27)26-18-12-8-11-17(15-18)22(23,24)25/h2-15,20H,1H3. The van der Waals surface area contributed by atoms with E-state index in [1.807, 2.05) is 65.6 Å². The Hall–Kier alpha value is -3.32. The maximum atomic E-state index is 13.1. The Kier molecular flexibility index (Phi) is 4.98. The Labute approximate surface area is 166 Å². The van der Waals surface area contributed by atoms with Crippen molar-refractivity contribution < 1.29 is 18.0 Å². The van der Waals surface area contributed by atoms with Gasteiger partial charge in [-0.3, -0.25) is 4.90 Å². The van der Waals surface area contributed by atoms with E-state index < -0.39 is 11.7 Å². The van der Waals surface area contributed by atoms with Crippen LogP contribution in [0, 0.1) is 0 Å². The van der Waals surface area contributed by atoms with E-state index in [1.54, 1.807) is 12.1 Å². The first-order chi connectivity index (χ1) is 13.9. The van der Waals surface area contributed by atoms with E-state index in [1.165, 1.54) is 12.1 Å². The highest BCUT2D eigenvalue weighted by atomic mass is 19.4. The van der Waals surface area contributed by atoms with E-state index in [-0.39, 0.29) is 17.9 Å². The summed E-state index contributed by atoms with van der Waals surface area (Å²) in [4.78, 5) is 12.1. The highest BCUT2D eigenvalue weighted by Gasteiger charge is 2.39. The molecule has 0 spiro atoms. The zero-order valence-electron chi connectivity index (χ0n) is 15.5. The van der Waals surface area contributed by atoms with Crippen molar-refractivity contribution in [3.63, 3.8) is 0 Å². The van der Waals surface area contributed by atoms with E-state index in [4.69, 9.17) is 4.84 Å². The van der Waals surface area contributed by atoms with E-state index in [0.29, 0.717) is 0 Å². The van der Waals surface area contributed by atoms with Crippen LogP contribution in [0.2, 0.25) is 0 Å². The van der Waals surface area contributed by atoms with E-state index in [9.17, 15) is 13.2 Å². The third-order valence-corrected chi connectivity index (χ3v) is 4.55. The number of anilines is 1. The minimum absolute atomic E-state index is 0.165. The Bertz CT molecular complexity index is 1010. The topological polar surface area (TPSA) is 28.1 Å². The van der Waals surface area contributed by atoms with Crippen molar-refractivity contribution in [2.45, 2.75) is 12.3 Å². The molecule has 1 fully saturated rings. The first kappa shape index (κ1) is 19.0. The van der Waals surface area contributed by atoms with Crippen molar-refractivity contribution in [3.05, 3.63) is 96.1 Å². The van der Waals surface area contributed by atoms with Crippen LogP contribution in [0.4, 0.5) is 24.5 Å². The summed E-state index contributed by atoms with van der Waals surface area (Å²) < 4.78 is 39.2. The lowest BCUT2D eigenvalue weighted by atomic mass is 10.1. The molecule has 1 aliphatic heterocycles. The van der Waals surface area contributed by atoms with Crippen molar-refractivity contribution in [3.8, 4) is 0 Å². The van der Waals surface area contributed by atoms with Gasteiger partial charge in [0.05, 0.1) is 11.3 Å². The Balaban J connectivity index is 1.79. The van der Waals surface area contributed by atoms with Gasteiger partial charge >= 0.3 is 12.2 Å². The number of aliphatic imine (C=N–C) groups is 1. The molecule has 3 aromatic carbocycles. The minimum atomic E-state index is -4.44. The van der Waals surface area contributed by atoms with Crippen LogP contribution in [0.3, 0.4) is 0 Å². The second-order valence-corrected chi connectivity index (χ2v) is 6.57. The van der Waals surface area contributed by atoms with Crippen molar-refractivity contribution >= 4 is 17.4 Å². The monoisotopic (exact) mass is 397 g/mol. The summed E-state index contributed by atoms with van der Waals surface area (Å²) >= 11 is 0. The molecule has 4 nitrogen and oxygen atoms in total. The predicted octanol–water partition coefficient (Wildman–Crippen LogP) is 5.78. The molecule has 0 saturated carbocycles. The lowest BCUT2D eigenvalue weighted by molar-refractivity contribution is -0.137. The summed E-state index contributed by atoms with van der Waals surface area (Å²) in [6.07, 6.45) is -4.75. The number of nitrogens with zero attached hydrogens (tertiary/aromatic N) is 3. The average Bonchev–Trinajstić information content (AvgIpc) is 3.04. The van der Waals surface area contributed by atoms with Crippen LogP contribution in [0.1, 0.15) is 17.3 Å². The van der Waals surface area contributed by atoms with Gasteiger partial charge in [-0.25, -0.2) is 0 Å². The molecule has 1 saturated heterocycles. The van der Waals surface area contributed by atoms with Crippen molar-refractivity contribution in [2.75, 3.05) is 11.9 Å². The van der Waals surface area contributed by atoms with Gasteiger partial charge in [0.2, 0.25) is 0 Å². The molecule has 29 heavy (non-hydrogen) atoms. The van der Waals surface area contributed by atoms with Gasteiger partial charge in [0.25, 0.3) is 0 Å². The summed E-state index contributed by atoms with van der Waals surface area (Å²) in [6, 6.07) is 24.3.